The summed E-state index contributed by atoms with van der Waals surface area (Å²) in [6.45, 7) is 3.25. The van der Waals surface area contributed by atoms with Gasteiger partial charge in [-0.25, -0.2) is 28.1 Å². The molecule has 0 bridgehead atoms. The molecule has 0 radical (unpaired) electrons. The van der Waals surface area contributed by atoms with E-state index in [4.69, 9.17) is 5.73 Å². The third-order valence-electron chi connectivity index (χ3n) is 3.78. The summed E-state index contributed by atoms with van der Waals surface area (Å²) in [4.78, 5) is 12.5. The summed E-state index contributed by atoms with van der Waals surface area (Å²) in [5.41, 5.74) is 7.72. The Morgan fingerprint density at radius 2 is 2.15 bits per heavy atom. The second-order valence-electron chi connectivity index (χ2n) is 5.98. The van der Waals surface area contributed by atoms with Crippen LogP contribution >= 0.6 is 0 Å². The molecule has 10 nitrogen and oxygen atoms in total. The van der Waals surface area contributed by atoms with Gasteiger partial charge >= 0.3 is 0 Å². The van der Waals surface area contributed by atoms with Gasteiger partial charge < -0.3 is 10.8 Å². The molecule has 0 spiro atoms. The predicted octanol–water partition coefficient (Wildman–Crippen LogP) is 0.274. The summed E-state index contributed by atoms with van der Waals surface area (Å²) in [7, 11) is -3.77. The number of aliphatic hydroxyl groups excluding tert-OH is 1. The van der Waals surface area contributed by atoms with Crippen LogP contribution in [-0.2, 0) is 10.0 Å². The standard InChI is InChI=1S/C16H19N7O3S/c1-10-3-4-12(27(25,26)21-6-11(2)24)5-13(10)14-7-19-15(17)16(22-14)23-9-18-8-20-23/h3-5,7-9,11,21,24H,6H2,1-2H3,(H2,17,19)/t11-/m1/s1. The molecule has 0 fully saturated rings. The number of rotatable bonds is 6. The predicted molar refractivity (Wildman–Crippen MR) is 98.4 cm³/mol. The first kappa shape index (κ1) is 18.9. The van der Waals surface area contributed by atoms with Gasteiger partial charge in [0.25, 0.3) is 0 Å². The molecule has 1 aromatic carbocycles. The Labute approximate surface area is 156 Å². The van der Waals surface area contributed by atoms with Crippen molar-refractivity contribution in [2.75, 3.05) is 12.3 Å². The van der Waals surface area contributed by atoms with E-state index in [1.807, 2.05) is 6.92 Å². The van der Waals surface area contributed by atoms with Crippen LogP contribution in [0.5, 0.6) is 0 Å². The van der Waals surface area contributed by atoms with Gasteiger partial charge in [-0.1, -0.05) is 6.07 Å². The Morgan fingerprint density at radius 1 is 1.37 bits per heavy atom. The zero-order valence-corrected chi connectivity index (χ0v) is 15.6. The summed E-state index contributed by atoms with van der Waals surface area (Å²) in [5.74, 6) is 0.467. The Hall–Kier alpha value is -2.89. The minimum atomic E-state index is -3.77. The molecule has 0 aliphatic carbocycles. The maximum absolute atomic E-state index is 12.4. The lowest BCUT2D eigenvalue weighted by atomic mass is 10.1. The van der Waals surface area contributed by atoms with Gasteiger partial charge in [-0.3, -0.25) is 0 Å². The van der Waals surface area contributed by atoms with Gasteiger partial charge in [0.15, 0.2) is 11.6 Å². The van der Waals surface area contributed by atoms with E-state index in [9.17, 15) is 13.5 Å². The summed E-state index contributed by atoms with van der Waals surface area (Å²) in [6, 6.07) is 4.68. The Bertz CT molecular complexity index is 1050. The minimum absolute atomic E-state index is 0.0599. The lowest BCUT2D eigenvalue weighted by molar-refractivity contribution is 0.198. The average molecular weight is 389 g/mol. The Morgan fingerprint density at radius 3 is 2.81 bits per heavy atom. The monoisotopic (exact) mass is 389 g/mol. The third kappa shape index (κ3) is 4.10. The lowest BCUT2D eigenvalue weighted by Gasteiger charge is -2.12. The van der Waals surface area contributed by atoms with E-state index in [-0.39, 0.29) is 17.3 Å². The van der Waals surface area contributed by atoms with E-state index in [0.29, 0.717) is 17.1 Å². The topological polar surface area (TPSA) is 149 Å². The molecule has 4 N–H and O–H groups in total. The molecule has 0 unspecified atom stereocenters. The number of nitrogens with one attached hydrogen (secondary N) is 1. The molecule has 27 heavy (non-hydrogen) atoms. The van der Waals surface area contributed by atoms with Crippen molar-refractivity contribution in [1.82, 2.24) is 29.5 Å². The van der Waals surface area contributed by atoms with Gasteiger partial charge in [0.1, 0.15) is 12.7 Å². The molecule has 0 saturated carbocycles. The highest BCUT2D eigenvalue weighted by molar-refractivity contribution is 7.89. The quantitative estimate of drug-likeness (QED) is 0.544. The van der Waals surface area contributed by atoms with E-state index in [2.05, 4.69) is 24.8 Å². The fraction of sp³-hybridized carbons (Fsp3) is 0.250. The fourth-order valence-electron chi connectivity index (χ4n) is 2.36. The third-order valence-corrected chi connectivity index (χ3v) is 5.20. The SMILES string of the molecule is Cc1ccc(S(=O)(=O)NC[C@@H](C)O)cc1-c1cnc(N)c(-n2cncn2)n1. The van der Waals surface area contributed by atoms with Crippen LogP contribution in [0.15, 0.2) is 41.9 Å². The molecule has 3 aromatic rings. The molecule has 0 aliphatic rings. The molecular formula is C16H19N7O3S. The van der Waals surface area contributed by atoms with Gasteiger partial charge in [0.05, 0.1) is 22.9 Å². The summed E-state index contributed by atoms with van der Waals surface area (Å²) in [5, 5.41) is 13.3. The second kappa shape index (κ2) is 7.39. The van der Waals surface area contributed by atoms with Crippen LogP contribution in [0.2, 0.25) is 0 Å². The van der Waals surface area contributed by atoms with E-state index >= 15 is 0 Å². The number of anilines is 1. The van der Waals surface area contributed by atoms with Gasteiger partial charge in [-0.05, 0) is 31.5 Å². The number of aromatic nitrogens is 5. The molecule has 0 amide bonds. The zero-order valence-electron chi connectivity index (χ0n) is 14.7. The summed E-state index contributed by atoms with van der Waals surface area (Å²) < 4.78 is 28.6. The summed E-state index contributed by atoms with van der Waals surface area (Å²) in [6.07, 6.45) is 3.47. The molecule has 1 atom stereocenters. The minimum Gasteiger partial charge on any atom is -0.392 e. The van der Waals surface area contributed by atoms with Crippen LogP contribution in [0.1, 0.15) is 12.5 Å². The number of sulfonamides is 1. The maximum Gasteiger partial charge on any atom is 0.240 e. The zero-order chi connectivity index (χ0) is 19.6. The molecule has 3 rings (SSSR count). The van der Waals surface area contributed by atoms with Crippen LogP contribution in [0, 0.1) is 6.92 Å². The van der Waals surface area contributed by atoms with Crippen molar-refractivity contribution in [2.24, 2.45) is 0 Å². The number of hydrogen-bond donors (Lipinski definition) is 3. The number of aliphatic hydroxyl groups is 1. The van der Waals surface area contributed by atoms with E-state index in [0.717, 1.165) is 5.56 Å². The average Bonchev–Trinajstić information content (AvgIpc) is 3.15. The van der Waals surface area contributed by atoms with Gasteiger partial charge in [-0.15, -0.1) is 0 Å². The first-order valence-electron chi connectivity index (χ1n) is 8.04. The van der Waals surface area contributed by atoms with E-state index in [1.165, 1.54) is 42.6 Å². The summed E-state index contributed by atoms with van der Waals surface area (Å²) >= 11 is 0. The number of aryl methyl sites for hydroxylation is 1. The van der Waals surface area contributed by atoms with Crippen LogP contribution in [0.4, 0.5) is 5.82 Å². The molecule has 2 heterocycles. The molecule has 2 aromatic heterocycles. The second-order valence-corrected chi connectivity index (χ2v) is 7.75. The molecule has 0 aliphatic heterocycles. The van der Waals surface area contributed by atoms with Crippen LogP contribution in [0.25, 0.3) is 17.1 Å². The normalized spacial score (nSPS) is 12.9. The van der Waals surface area contributed by atoms with Crippen molar-refractivity contribution >= 4 is 15.8 Å². The van der Waals surface area contributed by atoms with Crippen LogP contribution in [-0.4, -0.2) is 50.9 Å². The van der Waals surface area contributed by atoms with E-state index < -0.39 is 16.1 Å². The van der Waals surface area contributed by atoms with Crippen molar-refractivity contribution in [1.29, 1.82) is 0 Å². The van der Waals surface area contributed by atoms with Crippen molar-refractivity contribution in [3.63, 3.8) is 0 Å². The fourth-order valence-corrected chi connectivity index (χ4v) is 3.51. The van der Waals surface area contributed by atoms with Gasteiger partial charge in [0, 0.05) is 12.1 Å². The van der Waals surface area contributed by atoms with Crippen LogP contribution in [0.3, 0.4) is 0 Å². The first-order chi connectivity index (χ1) is 12.8. The largest absolute Gasteiger partial charge is 0.392 e. The Kier molecular flexibility index (Phi) is 5.17. The molecule has 11 heteroatoms. The molecular weight excluding hydrogens is 370 g/mol. The maximum atomic E-state index is 12.4. The number of nitrogens with zero attached hydrogens (tertiary/aromatic N) is 5. The smallest absolute Gasteiger partial charge is 0.240 e. The van der Waals surface area contributed by atoms with E-state index in [1.54, 1.807) is 6.07 Å². The van der Waals surface area contributed by atoms with Crippen molar-refractivity contribution in [3.05, 3.63) is 42.6 Å². The van der Waals surface area contributed by atoms with Crippen molar-refractivity contribution in [2.45, 2.75) is 24.8 Å². The number of benzene rings is 1. The highest BCUT2D eigenvalue weighted by Crippen LogP contribution is 2.26. The lowest BCUT2D eigenvalue weighted by Crippen LogP contribution is -2.30. The molecule has 0 saturated heterocycles. The van der Waals surface area contributed by atoms with Crippen molar-refractivity contribution in [3.8, 4) is 17.1 Å². The highest BCUT2D eigenvalue weighted by Gasteiger charge is 2.18. The van der Waals surface area contributed by atoms with Crippen LogP contribution < -0.4 is 10.5 Å². The van der Waals surface area contributed by atoms with Gasteiger partial charge in [-0.2, -0.15) is 9.78 Å². The van der Waals surface area contributed by atoms with Crippen molar-refractivity contribution < 1.29 is 13.5 Å². The number of nitrogens with two attached hydrogens (primary N) is 1. The highest BCUT2D eigenvalue weighted by atomic mass is 32.2. The Balaban J connectivity index is 2.04. The number of nitrogen functional groups attached to an aromatic ring is 1. The first-order valence-corrected chi connectivity index (χ1v) is 9.52. The molecule has 142 valence electrons. The van der Waals surface area contributed by atoms with Gasteiger partial charge in [0.2, 0.25) is 10.0 Å². The number of hydrogen-bond acceptors (Lipinski definition) is 8.